The summed E-state index contributed by atoms with van der Waals surface area (Å²) >= 11 is 1.67. The second-order valence-electron chi connectivity index (χ2n) is 8.88. The molecule has 5 rings (SSSR count). The summed E-state index contributed by atoms with van der Waals surface area (Å²) in [5.74, 6) is 1.79. The SMILES string of the molecule is COc1cc(OC)nc(NC2CCCN(C(=O)c3nc(C4CC4)sc3-c3cccc(C)c3)C2)n1. The van der Waals surface area contributed by atoms with Crippen molar-refractivity contribution in [1.82, 2.24) is 19.9 Å². The van der Waals surface area contributed by atoms with Gasteiger partial charge in [0.05, 0.1) is 30.2 Å². The van der Waals surface area contributed by atoms with Gasteiger partial charge in [-0.25, -0.2) is 4.98 Å². The number of amides is 1. The van der Waals surface area contributed by atoms with Crippen LogP contribution >= 0.6 is 11.3 Å². The maximum absolute atomic E-state index is 13.7. The van der Waals surface area contributed by atoms with E-state index in [4.69, 9.17) is 14.5 Å². The minimum Gasteiger partial charge on any atom is -0.481 e. The molecule has 0 radical (unpaired) electrons. The number of nitrogens with zero attached hydrogens (tertiary/aromatic N) is 4. The van der Waals surface area contributed by atoms with Gasteiger partial charge in [-0.05, 0) is 38.2 Å². The summed E-state index contributed by atoms with van der Waals surface area (Å²) in [6.45, 7) is 3.35. The molecule has 1 aliphatic carbocycles. The zero-order valence-electron chi connectivity index (χ0n) is 19.7. The van der Waals surface area contributed by atoms with Crippen LogP contribution in [0.1, 0.15) is 52.7 Å². The van der Waals surface area contributed by atoms with Gasteiger partial charge in [-0.15, -0.1) is 11.3 Å². The van der Waals surface area contributed by atoms with Crippen LogP contribution in [0.25, 0.3) is 10.4 Å². The van der Waals surface area contributed by atoms with E-state index in [2.05, 4.69) is 40.4 Å². The Labute approximate surface area is 203 Å². The maximum atomic E-state index is 13.7. The minimum atomic E-state index is -0.00435. The van der Waals surface area contributed by atoms with E-state index in [9.17, 15) is 4.79 Å². The lowest BCUT2D eigenvalue weighted by Crippen LogP contribution is -2.45. The molecule has 1 saturated heterocycles. The van der Waals surface area contributed by atoms with Crippen LogP contribution in [0, 0.1) is 6.92 Å². The number of thiazole rings is 1. The highest BCUT2D eigenvalue weighted by molar-refractivity contribution is 7.15. The molecule has 2 aliphatic rings. The molecule has 0 bridgehead atoms. The Hall–Kier alpha value is -3.20. The number of nitrogens with one attached hydrogen (secondary N) is 1. The highest BCUT2D eigenvalue weighted by Gasteiger charge is 2.33. The molecule has 8 nitrogen and oxygen atoms in total. The fourth-order valence-electron chi connectivity index (χ4n) is 4.26. The molecule has 1 atom stereocenters. The summed E-state index contributed by atoms with van der Waals surface area (Å²) in [5.41, 5.74) is 2.82. The number of aryl methyl sites for hydroxylation is 1. The molecule has 3 heterocycles. The molecule has 1 unspecified atom stereocenters. The highest BCUT2D eigenvalue weighted by atomic mass is 32.1. The number of likely N-dealkylation sites (tertiary alicyclic amines) is 1. The molecule has 0 spiro atoms. The van der Waals surface area contributed by atoms with E-state index < -0.39 is 0 Å². The topological polar surface area (TPSA) is 89.5 Å². The first-order valence-corrected chi connectivity index (χ1v) is 12.5. The first kappa shape index (κ1) is 22.6. The van der Waals surface area contributed by atoms with Crippen molar-refractivity contribution >= 4 is 23.2 Å². The molecule has 9 heteroatoms. The number of carbonyl (C=O) groups excluding carboxylic acids is 1. The summed E-state index contributed by atoms with van der Waals surface area (Å²) in [7, 11) is 3.12. The quantitative estimate of drug-likeness (QED) is 0.533. The van der Waals surface area contributed by atoms with Crippen LogP contribution in [-0.2, 0) is 0 Å². The van der Waals surface area contributed by atoms with Gasteiger partial charge in [0, 0.05) is 25.0 Å². The van der Waals surface area contributed by atoms with Crippen LogP contribution in [0.4, 0.5) is 5.95 Å². The third-order valence-corrected chi connectivity index (χ3v) is 7.46. The van der Waals surface area contributed by atoms with Crippen molar-refractivity contribution in [2.75, 3.05) is 32.6 Å². The molecule has 3 aromatic rings. The number of methoxy groups -OCH3 is 2. The van der Waals surface area contributed by atoms with Crippen LogP contribution in [0.5, 0.6) is 11.8 Å². The van der Waals surface area contributed by atoms with Crippen LogP contribution < -0.4 is 14.8 Å². The third kappa shape index (κ3) is 4.84. The molecule has 1 amide bonds. The number of benzene rings is 1. The van der Waals surface area contributed by atoms with Gasteiger partial charge in [-0.2, -0.15) is 9.97 Å². The summed E-state index contributed by atoms with van der Waals surface area (Å²) in [6.07, 6.45) is 4.13. The Morgan fingerprint density at radius 3 is 2.53 bits per heavy atom. The lowest BCUT2D eigenvalue weighted by Gasteiger charge is -2.33. The zero-order chi connectivity index (χ0) is 23.7. The van der Waals surface area contributed by atoms with Gasteiger partial charge in [-0.3, -0.25) is 4.79 Å². The fourth-order valence-corrected chi connectivity index (χ4v) is 5.48. The summed E-state index contributed by atoms with van der Waals surface area (Å²) in [5, 5.41) is 4.45. The van der Waals surface area contributed by atoms with E-state index in [1.54, 1.807) is 31.6 Å². The van der Waals surface area contributed by atoms with Gasteiger partial charge in [0.15, 0.2) is 0 Å². The van der Waals surface area contributed by atoms with E-state index >= 15 is 0 Å². The fraction of sp³-hybridized carbons (Fsp3) is 0.440. The Balaban J connectivity index is 1.37. The standard InChI is InChI=1S/C25H29N5O3S/c1-15-6-4-7-17(12-15)22-21(29-23(34-22)16-9-10-16)24(31)30-11-5-8-18(14-30)26-25-27-19(32-2)13-20(28-25)33-3/h4,6-7,12-13,16,18H,5,8-11,14H2,1-3H3,(H,26,27,28). The molecular weight excluding hydrogens is 450 g/mol. The molecule has 1 saturated carbocycles. The monoisotopic (exact) mass is 479 g/mol. The lowest BCUT2D eigenvalue weighted by atomic mass is 10.0. The Morgan fingerprint density at radius 1 is 1.09 bits per heavy atom. The number of piperidine rings is 1. The molecule has 178 valence electrons. The Kier molecular flexibility index (Phi) is 6.36. The largest absolute Gasteiger partial charge is 0.481 e. The molecule has 34 heavy (non-hydrogen) atoms. The first-order valence-electron chi connectivity index (χ1n) is 11.6. The minimum absolute atomic E-state index is 0.00435. The number of carbonyl (C=O) groups is 1. The zero-order valence-corrected chi connectivity index (χ0v) is 20.5. The number of anilines is 1. The second-order valence-corrected chi connectivity index (χ2v) is 9.92. The van der Waals surface area contributed by atoms with Crippen molar-refractivity contribution in [3.8, 4) is 22.2 Å². The molecule has 1 aliphatic heterocycles. The van der Waals surface area contributed by atoms with Crippen LogP contribution in [-0.4, -0.2) is 59.1 Å². The number of ether oxygens (including phenoxy) is 2. The summed E-state index contributed by atoms with van der Waals surface area (Å²) in [4.78, 5) is 30.2. The Morgan fingerprint density at radius 2 is 1.85 bits per heavy atom. The highest BCUT2D eigenvalue weighted by Crippen LogP contribution is 2.45. The summed E-state index contributed by atoms with van der Waals surface area (Å²) in [6, 6.07) is 9.98. The van der Waals surface area contributed by atoms with Crippen molar-refractivity contribution in [2.45, 2.75) is 44.6 Å². The van der Waals surface area contributed by atoms with E-state index in [1.165, 1.54) is 5.56 Å². The van der Waals surface area contributed by atoms with Crippen LogP contribution in [0.3, 0.4) is 0 Å². The maximum Gasteiger partial charge on any atom is 0.274 e. The number of rotatable bonds is 7. The molecule has 1 N–H and O–H groups in total. The van der Waals surface area contributed by atoms with Crippen molar-refractivity contribution in [3.05, 3.63) is 46.6 Å². The van der Waals surface area contributed by atoms with E-state index in [1.807, 2.05) is 11.0 Å². The van der Waals surface area contributed by atoms with Gasteiger partial charge in [0.1, 0.15) is 5.69 Å². The summed E-state index contributed by atoms with van der Waals surface area (Å²) < 4.78 is 10.5. The van der Waals surface area contributed by atoms with Gasteiger partial charge in [-0.1, -0.05) is 29.8 Å². The van der Waals surface area contributed by atoms with E-state index in [0.717, 1.165) is 41.1 Å². The average molecular weight is 480 g/mol. The van der Waals surface area contributed by atoms with Gasteiger partial charge >= 0.3 is 0 Å². The number of hydrogen-bond acceptors (Lipinski definition) is 8. The molecule has 1 aromatic carbocycles. The third-order valence-electron chi connectivity index (χ3n) is 6.19. The lowest BCUT2D eigenvalue weighted by molar-refractivity contribution is 0.0710. The predicted molar refractivity (Wildman–Crippen MR) is 132 cm³/mol. The van der Waals surface area contributed by atoms with E-state index in [0.29, 0.717) is 42.4 Å². The van der Waals surface area contributed by atoms with Crippen molar-refractivity contribution < 1.29 is 14.3 Å². The molecular formula is C25H29N5O3S. The molecule has 2 aromatic heterocycles. The normalized spacial score (nSPS) is 18.0. The van der Waals surface area contributed by atoms with E-state index in [-0.39, 0.29) is 11.9 Å². The Bertz CT molecular complexity index is 1170. The van der Waals surface area contributed by atoms with Crippen LogP contribution in [0.15, 0.2) is 30.3 Å². The van der Waals surface area contributed by atoms with Crippen molar-refractivity contribution in [2.24, 2.45) is 0 Å². The van der Waals surface area contributed by atoms with Crippen molar-refractivity contribution in [3.63, 3.8) is 0 Å². The number of hydrogen-bond donors (Lipinski definition) is 1. The van der Waals surface area contributed by atoms with Gasteiger partial charge in [0.25, 0.3) is 5.91 Å². The van der Waals surface area contributed by atoms with Gasteiger partial charge < -0.3 is 19.7 Å². The number of aromatic nitrogens is 3. The predicted octanol–water partition coefficient (Wildman–Crippen LogP) is 4.52. The van der Waals surface area contributed by atoms with Crippen LogP contribution in [0.2, 0.25) is 0 Å². The second kappa shape index (κ2) is 9.58. The average Bonchev–Trinajstić information content (AvgIpc) is 3.61. The van der Waals surface area contributed by atoms with Crippen molar-refractivity contribution in [1.29, 1.82) is 0 Å². The molecule has 2 fully saturated rings. The van der Waals surface area contributed by atoms with Gasteiger partial charge in [0.2, 0.25) is 17.7 Å². The smallest absolute Gasteiger partial charge is 0.274 e. The first-order chi connectivity index (χ1) is 16.5.